The predicted molar refractivity (Wildman–Crippen MR) is 72.9 cm³/mol. The van der Waals surface area contributed by atoms with E-state index in [0.717, 1.165) is 10.0 Å². The Bertz CT molecular complexity index is 591. The number of H-pyrrole nitrogens is 1. The van der Waals surface area contributed by atoms with Crippen LogP contribution in [0.25, 0.3) is 6.08 Å². The molecule has 0 fully saturated rings. The molecule has 0 unspecified atom stereocenters. The molecular formula is C12H11BrN4O. The molecule has 0 aliphatic carbocycles. The van der Waals surface area contributed by atoms with Crippen molar-refractivity contribution < 1.29 is 4.79 Å². The van der Waals surface area contributed by atoms with Crippen LogP contribution in [0.1, 0.15) is 11.4 Å². The number of hydrogen-bond donors (Lipinski definition) is 2. The van der Waals surface area contributed by atoms with Gasteiger partial charge in [0, 0.05) is 10.5 Å². The number of nitrogens with one attached hydrogen (secondary N) is 2. The Morgan fingerprint density at radius 2 is 2.33 bits per heavy atom. The second-order valence-electron chi connectivity index (χ2n) is 3.62. The van der Waals surface area contributed by atoms with Crippen LogP contribution in [0.15, 0.2) is 34.8 Å². The first-order valence-corrected chi connectivity index (χ1v) is 6.06. The van der Waals surface area contributed by atoms with Crippen LogP contribution in [-0.2, 0) is 4.79 Å². The molecule has 92 valence electrons. The molecule has 1 aromatic carbocycles. The number of rotatable bonds is 3. The van der Waals surface area contributed by atoms with Crippen LogP contribution in [0.2, 0.25) is 0 Å². The number of anilines is 1. The molecule has 0 atom stereocenters. The van der Waals surface area contributed by atoms with Gasteiger partial charge in [0.25, 0.3) is 5.91 Å². The van der Waals surface area contributed by atoms with Gasteiger partial charge < -0.3 is 0 Å². The summed E-state index contributed by atoms with van der Waals surface area (Å²) in [5, 5.41) is 9.02. The normalized spacial score (nSPS) is 10.8. The van der Waals surface area contributed by atoms with E-state index in [1.807, 2.05) is 24.3 Å². The molecule has 2 rings (SSSR count). The Hall–Kier alpha value is -1.95. The van der Waals surface area contributed by atoms with Crippen molar-refractivity contribution in [2.75, 3.05) is 5.32 Å². The summed E-state index contributed by atoms with van der Waals surface area (Å²) in [6.45, 7) is 1.76. The Kier molecular flexibility index (Phi) is 3.88. The van der Waals surface area contributed by atoms with Gasteiger partial charge in [-0.25, -0.2) is 0 Å². The molecule has 1 amide bonds. The van der Waals surface area contributed by atoms with Crippen LogP contribution in [-0.4, -0.2) is 21.1 Å². The molecule has 1 heterocycles. The lowest BCUT2D eigenvalue weighted by Gasteiger charge is -1.96. The standard InChI is InChI=1S/C12H11BrN4O/c1-8-14-12(17-16-8)15-11(18)6-5-9-3-2-4-10(13)7-9/h2-7H,1H3,(H2,14,15,16,17,18)/b6-5+. The summed E-state index contributed by atoms with van der Waals surface area (Å²) in [7, 11) is 0. The number of hydrogen-bond acceptors (Lipinski definition) is 3. The molecule has 0 bridgehead atoms. The first kappa shape index (κ1) is 12.5. The van der Waals surface area contributed by atoms with Gasteiger partial charge in [-0.3, -0.25) is 15.2 Å². The maximum atomic E-state index is 11.6. The van der Waals surface area contributed by atoms with Gasteiger partial charge in [0.05, 0.1) is 0 Å². The number of aryl methyl sites for hydroxylation is 1. The summed E-state index contributed by atoms with van der Waals surface area (Å²) in [6, 6.07) is 7.65. The van der Waals surface area contributed by atoms with Gasteiger partial charge >= 0.3 is 0 Å². The van der Waals surface area contributed by atoms with Gasteiger partial charge in [0.15, 0.2) is 0 Å². The zero-order valence-electron chi connectivity index (χ0n) is 9.64. The zero-order valence-corrected chi connectivity index (χ0v) is 11.2. The molecule has 0 saturated carbocycles. The topological polar surface area (TPSA) is 70.7 Å². The highest BCUT2D eigenvalue weighted by atomic mass is 79.9. The maximum Gasteiger partial charge on any atom is 0.250 e. The van der Waals surface area contributed by atoms with Crippen LogP contribution in [0.5, 0.6) is 0 Å². The summed E-state index contributed by atoms with van der Waals surface area (Å²) < 4.78 is 0.967. The lowest BCUT2D eigenvalue weighted by Crippen LogP contribution is -2.09. The summed E-state index contributed by atoms with van der Waals surface area (Å²) in [5.74, 6) is 0.659. The molecule has 18 heavy (non-hydrogen) atoms. The second-order valence-corrected chi connectivity index (χ2v) is 4.54. The van der Waals surface area contributed by atoms with Gasteiger partial charge in [-0.15, -0.1) is 5.10 Å². The first-order valence-electron chi connectivity index (χ1n) is 5.27. The lowest BCUT2D eigenvalue weighted by atomic mass is 10.2. The van der Waals surface area contributed by atoms with Crippen molar-refractivity contribution in [1.82, 2.24) is 15.2 Å². The Labute approximate surface area is 112 Å². The van der Waals surface area contributed by atoms with Gasteiger partial charge in [-0.2, -0.15) is 4.98 Å². The van der Waals surface area contributed by atoms with E-state index in [2.05, 4.69) is 36.4 Å². The number of aromatic nitrogens is 3. The van der Waals surface area contributed by atoms with E-state index < -0.39 is 0 Å². The summed E-state index contributed by atoms with van der Waals surface area (Å²) >= 11 is 3.37. The Balaban J connectivity index is 1.99. The van der Waals surface area contributed by atoms with Crippen molar-refractivity contribution >= 4 is 33.9 Å². The minimum atomic E-state index is -0.269. The van der Waals surface area contributed by atoms with Crippen molar-refractivity contribution in [1.29, 1.82) is 0 Å². The van der Waals surface area contributed by atoms with Gasteiger partial charge in [0.1, 0.15) is 5.82 Å². The van der Waals surface area contributed by atoms with Crippen molar-refractivity contribution in [3.63, 3.8) is 0 Å². The van der Waals surface area contributed by atoms with E-state index in [9.17, 15) is 4.79 Å². The predicted octanol–water partition coefficient (Wildman–Crippen LogP) is 2.53. The van der Waals surface area contributed by atoms with E-state index in [-0.39, 0.29) is 11.9 Å². The highest BCUT2D eigenvalue weighted by molar-refractivity contribution is 9.10. The second kappa shape index (κ2) is 5.59. The van der Waals surface area contributed by atoms with Gasteiger partial charge in [-0.1, -0.05) is 28.1 Å². The van der Waals surface area contributed by atoms with Crippen molar-refractivity contribution in [2.24, 2.45) is 0 Å². The lowest BCUT2D eigenvalue weighted by molar-refractivity contribution is -0.111. The van der Waals surface area contributed by atoms with Gasteiger partial charge in [0.2, 0.25) is 5.95 Å². The fourth-order valence-corrected chi connectivity index (χ4v) is 1.75. The smallest absolute Gasteiger partial charge is 0.250 e. The minimum absolute atomic E-state index is 0.269. The Morgan fingerprint density at radius 3 is 3.00 bits per heavy atom. The van der Waals surface area contributed by atoms with Crippen molar-refractivity contribution in [3.05, 3.63) is 46.2 Å². The maximum absolute atomic E-state index is 11.6. The zero-order chi connectivity index (χ0) is 13.0. The third-order valence-electron chi connectivity index (χ3n) is 2.11. The fourth-order valence-electron chi connectivity index (χ4n) is 1.33. The van der Waals surface area contributed by atoms with Crippen LogP contribution in [0, 0.1) is 6.92 Å². The van der Waals surface area contributed by atoms with Crippen LogP contribution < -0.4 is 5.32 Å². The molecule has 0 aliphatic rings. The summed E-state index contributed by atoms with van der Waals surface area (Å²) in [5.41, 5.74) is 0.936. The molecule has 0 saturated heterocycles. The SMILES string of the molecule is Cc1nc(NC(=O)/C=C/c2cccc(Br)c2)n[nH]1. The minimum Gasteiger partial charge on any atom is -0.290 e. The molecule has 2 N–H and O–H groups in total. The number of amides is 1. The molecule has 0 spiro atoms. The summed E-state index contributed by atoms with van der Waals surface area (Å²) in [6.07, 6.45) is 3.16. The number of carbonyl (C=O) groups excluding carboxylic acids is 1. The number of halogens is 1. The number of benzene rings is 1. The third kappa shape index (κ3) is 3.53. The monoisotopic (exact) mass is 306 g/mol. The number of nitrogens with zero attached hydrogens (tertiary/aromatic N) is 2. The van der Waals surface area contributed by atoms with Crippen LogP contribution in [0.3, 0.4) is 0 Å². The molecule has 0 aliphatic heterocycles. The van der Waals surface area contributed by atoms with E-state index in [1.54, 1.807) is 13.0 Å². The van der Waals surface area contributed by atoms with Crippen LogP contribution >= 0.6 is 15.9 Å². The highest BCUT2D eigenvalue weighted by Crippen LogP contribution is 2.12. The fraction of sp³-hybridized carbons (Fsp3) is 0.0833. The molecule has 5 nitrogen and oxygen atoms in total. The number of carbonyl (C=O) groups is 1. The molecule has 1 aromatic heterocycles. The molecule has 2 aromatic rings. The average molecular weight is 307 g/mol. The third-order valence-corrected chi connectivity index (χ3v) is 2.60. The van der Waals surface area contributed by atoms with Gasteiger partial charge in [-0.05, 0) is 30.7 Å². The van der Waals surface area contributed by atoms with E-state index in [4.69, 9.17) is 0 Å². The summed E-state index contributed by atoms with van der Waals surface area (Å²) in [4.78, 5) is 15.6. The van der Waals surface area contributed by atoms with E-state index in [0.29, 0.717) is 5.82 Å². The molecular weight excluding hydrogens is 296 g/mol. The quantitative estimate of drug-likeness (QED) is 0.856. The first-order chi connectivity index (χ1) is 8.63. The van der Waals surface area contributed by atoms with Crippen molar-refractivity contribution in [3.8, 4) is 0 Å². The van der Waals surface area contributed by atoms with Crippen LogP contribution in [0.4, 0.5) is 5.95 Å². The van der Waals surface area contributed by atoms with E-state index >= 15 is 0 Å². The number of aromatic amines is 1. The van der Waals surface area contributed by atoms with E-state index in [1.165, 1.54) is 6.08 Å². The molecule has 6 heteroatoms. The van der Waals surface area contributed by atoms with Crippen molar-refractivity contribution in [2.45, 2.75) is 6.92 Å². The Morgan fingerprint density at radius 1 is 1.50 bits per heavy atom. The molecule has 0 radical (unpaired) electrons. The average Bonchev–Trinajstić information content (AvgIpc) is 2.72. The highest BCUT2D eigenvalue weighted by Gasteiger charge is 2.02. The largest absolute Gasteiger partial charge is 0.290 e.